The number of carbonyl (C=O) groups excluding carboxylic acids is 1. The number of hydrogen-bond donors (Lipinski definition) is 2. The quantitative estimate of drug-likeness (QED) is 0.533. The lowest BCUT2D eigenvalue weighted by Crippen LogP contribution is -2.43. The molecule has 0 radical (unpaired) electrons. The van der Waals surface area contributed by atoms with Gasteiger partial charge in [-0.25, -0.2) is 18.6 Å². The minimum Gasteiger partial charge on any atom is -0.465 e. The Kier molecular flexibility index (Phi) is 7.02. The van der Waals surface area contributed by atoms with Crippen molar-refractivity contribution in [3.8, 4) is 0 Å². The van der Waals surface area contributed by atoms with E-state index in [4.69, 9.17) is 27.9 Å². The Bertz CT molecular complexity index is 903. The SMILES string of the molecule is CCOC(=O)C(NNS(=O)(=O)c1ccccc1C)c1ccc(Cl)c(Cl)c1. The van der Waals surface area contributed by atoms with Crippen molar-refractivity contribution in [1.29, 1.82) is 0 Å². The Hall–Kier alpha value is -1.64. The van der Waals surface area contributed by atoms with Crippen LogP contribution in [0.3, 0.4) is 0 Å². The Labute approximate surface area is 162 Å². The molecule has 0 aliphatic heterocycles. The third-order valence-corrected chi connectivity index (χ3v) is 5.68. The van der Waals surface area contributed by atoms with Gasteiger partial charge in [-0.3, -0.25) is 0 Å². The molecule has 0 fully saturated rings. The van der Waals surface area contributed by atoms with E-state index >= 15 is 0 Å². The Morgan fingerprint density at radius 1 is 1.15 bits per heavy atom. The molecule has 0 bridgehead atoms. The third-order valence-electron chi connectivity index (χ3n) is 3.52. The number of carbonyl (C=O) groups is 1. The number of rotatable bonds is 7. The van der Waals surface area contributed by atoms with E-state index in [9.17, 15) is 13.2 Å². The predicted octanol–water partition coefficient (Wildman–Crippen LogP) is 3.39. The molecule has 6 nitrogen and oxygen atoms in total. The molecule has 0 saturated heterocycles. The maximum absolute atomic E-state index is 12.5. The van der Waals surface area contributed by atoms with Gasteiger partial charge in [-0.2, -0.15) is 0 Å². The smallest absolute Gasteiger partial charge is 0.329 e. The van der Waals surface area contributed by atoms with Gasteiger partial charge in [0.2, 0.25) is 0 Å². The van der Waals surface area contributed by atoms with Crippen LogP contribution in [0.5, 0.6) is 0 Å². The molecule has 0 spiro atoms. The van der Waals surface area contributed by atoms with Crippen molar-refractivity contribution in [2.24, 2.45) is 0 Å². The third kappa shape index (κ3) is 4.96. The number of halogens is 2. The predicted molar refractivity (Wildman–Crippen MR) is 100 cm³/mol. The van der Waals surface area contributed by atoms with Crippen molar-refractivity contribution in [3.63, 3.8) is 0 Å². The maximum atomic E-state index is 12.5. The summed E-state index contributed by atoms with van der Waals surface area (Å²) in [6, 6.07) is 9.95. The van der Waals surface area contributed by atoms with Crippen LogP contribution in [-0.2, 0) is 19.6 Å². The van der Waals surface area contributed by atoms with Crippen molar-refractivity contribution in [1.82, 2.24) is 10.3 Å². The van der Waals surface area contributed by atoms with E-state index in [0.717, 1.165) is 0 Å². The monoisotopic (exact) mass is 416 g/mol. The van der Waals surface area contributed by atoms with E-state index < -0.39 is 22.0 Å². The van der Waals surface area contributed by atoms with Gasteiger partial charge >= 0.3 is 5.97 Å². The van der Waals surface area contributed by atoms with E-state index in [1.165, 1.54) is 18.2 Å². The molecule has 2 aromatic rings. The summed E-state index contributed by atoms with van der Waals surface area (Å²) < 4.78 is 30.0. The van der Waals surface area contributed by atoms with Gasteiger partial charge in [-0.1, -0.05) is 47.5 Å². The first-order valence-corrected chi connectivity index (χ1v) is 9.94. The number of ether oxygens (including phenoxy) is 1. The van der Waals surface area contributed by atoms with Gasteiger partial charge in [0.05, 0.1) is 21.5 Å². The van der Waals surface area contributed by atoms with Crippen molar-refractivity contribution >= 4 is 39.2 Å². The molecule has 1 unspecified atom stereocenters. The molecule has 0 aliphatic rings. The van der Waals surface area contributed by atoms with E-state index in [0.29, 0.717) is 16.1 Å². The molecular formula is C17H18Cl2N2O4S. The standard InChI is InChI=1S/C17H18Cl2N2O4S/c1-3-25-17(22)16(12-8-9-13(18)14(19)10-12)20-21-26(23,24)15-7-5-4-6-11(15)2/h4-10,16,20-21H,3H2,1-2H3. The topological polar surface area (TPSA) is 84.5 Å². The van der Waals surface area contributed by atoms with Crippen LogP contribution >= 0.6 is 23.2 Å². The second kappa shape index (κ2) is 8.83. The van der Waals surface area contributed by atoms with Gasteiger partial charge in [0.25, 0.3) is 10.0 Å². The summed E-state index contributed by atoms with van der Waals surface area (Å²) in [5.74, 6) is -0.654. The largest absolute Gasteiger partial charge is 0.465 e. The first-order valence-electron chi connectivity index (χ1n) is 7.70. The molecule has 9 heteroatoms. The van der Waals surface area contributed by atoms with E-state index in [2.05, 4.69) is 10.3 Å². The molecule has 140 valence electrons. The van der Waals surface area contributed by atoms with Gasteiger partial charge in [0.15, 0.2) is 0 Å². The van der Waals surface area contributed by atoms with Crippen LogP contribution in [0.2, 0.25) is 10.0 Å². The minimum atomic E-state index is -3.89. The highest BCUT2D eigenvalue weighted by Gasteiger charge is 2.25. The van der Waals surface area contributed by atoms with Gasteiger partial charge in [0.1, 0.15) is 6.04 Å². The fourth-order valence-corrected chi connectivity index (χ4v) is 3.68. The van der Waals surface area contributed by atoms with Crippen LogP contribution in [0.25, 0.3) is 0 Å². The Morgan fingerprint density at radius 2 is 1.85 bits per heavy atom. The number of aryl methyl sites for hydroxylation is 1. The van der Waals surface area contributed by atoms with Crippen LogP contribution in [0.1, 0.15) is 24.1 Å². The number of hydrazine groups is 1. The molecular weight excluding hydrogens is 399 g/mol. The first-order chi connectivity index (χ1) is 12.3. The number of nitrogens with one attached hydrogen (secondary N) is 2. The number of hydrogen-bond acceptors (Lipinski definition) is 5. The Morgan fingerprint density at radius 3 is 2.46 bits per heavy atom. The fourth-order valence-electron chi connectivity index (χ4n) is 2.25. The average molecular weight is 417 g/mol. The molecule has 26 heavy (non-hydrogen) atoms. The highest BCUT2D eigenvalue weighted by Crippen LogP contribution is 2.26. The summed E-state index contributed by atoms with van der Waals surface area (Å²) in [6.45, 7) is 3.47. The van der Waals surface area contributed by atoms with E-state index in [-0.39, 0.29) is 16.5 Å². The molecule has 2 N–H and O–H groups in total. The molecule has 0 saturated carbocycles. The summed E-state index contributed by atoms with van der Waals surface area (Å²) >= 11 is 11.9. The minimum absolute atomic E-state index is 0.101. The molecule has 0 amide bonds. The maximum Gasteiger partial charge on any atom is 0.329 e. The number of sulfonamides is 1. The average Bonchev–Trinajstić information content (AvgIpc) is 2.58. The summed E-state index contributed by atoms with van der Waals surface area (Å²) in [4.78, 5) is 14.6. The van der Waals surface area contributed by atoms with Gasteiger partial charge in [-0.15, -0.1) is 4.83 Å². The van der Waals surface area contributed by atoms with Crippen LogP contribution in [0.15, 0.2) is 47.4 Å². The van der Waals surface area contributed by atoms with Crippen molar-refractivity contribution in [2.75, 3.05) is 6.61 Å². The van der Waals surface area contributed by atoms with E-state index in [1.807, 2.05) is 0 Å². The van der Waals surface area contributed by atoms with Crippen molar-refractivity contribution in [2.45, 2.75) is 24.8 Å². The second-order valence-electron chi connectivity index (χ2n) is 5.37. The molecule has 2 rings (SSSR count). The number of esters is 1. The summed E-state index contributed by atoms with van der Waals surface area (Å²) in [6.07, 6.45) is 0. The lowest BCUT2D eigenvalue weighted by atomic mass is 10.1. The molecule has 1 atom stereocenters. The first kappa shape index (κ1) is 20.7. The summed E-state index contributed by atoms with van der Waals surface area (Å²) in [5, 5.41) is 0.556. The Balaban J connectivity index is 2.28. The van der Waals surface area contributed by atoms with Crippen LogP contribution in [0, 0.1) is 6.92 Å². The van der Waals surface area contributed by atoms with Gasteiger partial charge in [0, 0.05) is 0 Å². The second-order valence-corrected chi connectivity index (χ2v) is 7.84. The fraction of sp³-hybridized carbons (Fsp3) is 0.235. The lowest BCUT2D eigenvalue weighted by Gasteiger charge is -2.19. The molecule has 0 aliphatic carbocycles. The molecule has 2 aromatic carbocycles. The highest BCUT2D eigenvalue weighted by molar-refractivity contribution is 7.89. The van der Waals surface area contributed by atoms with Crippen molar-refractivity contribution in [3.05, 3.63) is 63.6 Å². The van der Waals surface area contributed by atoms with Crippen LogP contribution < -0.4 is 10.3 Å². The zero-order valence-corrected chi connectivity index (χ0v) is 16.5. The highest BCUT2D eigenvalue weighted by atomic mass is 35.5. The lowest BCUT2D eigenvalue weighted by molar-refractivity contribution is -0.146. The van der Waals surface area contributed by atoms with Crippen molar-refractivity contribution < 1.29 is 17.9 Å². The molecule has 0 heterocycles. The van der Waals surface area contributed by atoms with E-state index in [1.54, 1.807) is 38.1 Å². The zero-order valence-electron chi connectivity index (χ0n) is 14.1. The van der Waals surface area contributed by atoms with Gasteiger partial charge < -0.3 is 4.74 Å². The molecule has 0 aromatic heterocycles. The van der Waals surface area contributed by atoms with Crippen LogP contribution in [0.4, 0.5) is 0 Å². The normalized spacial score (nSPS) is 12.6. The zero-order chi connectivity index (χ0) is 19.3. The van der Waals surface area contributed by atoms with Gasteiger partial charge in [-0.05, 0) is 43.2 Å². The van der Waals surface area contributed by atoms with Crippen LogP contribution in [-0.4, -0.2) is 21.0 Å². The summed E-state index contributed by atoms with van der Waals surface area (Å²) in [5.41, 5.74) is 3.50. The number of benzene rings is 2. The summed E-state index contributed by atoms with van der Waals surface area (Å²) in [7, 11) is -3.89.